The minimum Gasteiger partial charge on any atom is -0.482 e. The van der Waals surface area contributed by atoms with E-state index in [1.807, 2.05) is 0 Å². The van der Waals surface area contributed by atoms with Gasteiger partial charge in [0.05, 0.1) is 17.1 Å². The van der Waals surface area contributed by atoms with Gasteiger partial charge < -0.3 is 10.1 Å². The number of rotatable bonds is 2. The topological polar surface area (TPSA) is 55.4 Å². The lowest BCUT2D eigenvalue weighted by Gasteiger charge is -2.28. The summed E-state index contributed by atoms with van der Waals surface area (Å²) in [4.78, 5) is 0.224. The van der Waals surface area contributed by atoms with Gasteiger partial charge in [-0.1, -0.05) is 18.2 Å². The third-order valence-corrected chi connectivity index (χ3v) is 4.49. The lowest BCUT2D eigenvalue weighted by Crippen LogP contribution is -2.24. The number of nitrogens with one attached hydrogen (secondary N) is 1. The molecule has 21 heavy (non-hydrogen) atoms. The van der Waals surface area contributed by atoms with Crippen molar-refractivity contribution in [2.75, 3.05) is 18.1 Å². The Morgan fingerprint density at radius 2 is 2.00 bits per heavy atom. The summed E-state index contributed by atoms with van der Waals surface area (Å²) < 4.78 is 42.6. The molecule has 0 bridgehead atoms. The van der Waals surface area contributed by atoms with Crippen LogP contribution in [0.4, 0.5) is 10.1 Å². The van der Waals surface area contributed by atoms with Crippen LogP contribution >= 0.6 is 0 Å². The van der Waals surface area contributed by atoms with E-state index in [4.69, 9.17) is 4.74 Å². The SMILES string of the molecule is CS(=O)(=O)c1ccc2c(c1)NCC(c1ccccc1F)O2. The smallest absolute Gasteiger partial charge is 0.175 e. The predicted molar refractivity (Wildman–Crippen MR) is 77.8 cm³/mol. The second kappa shape index (κ2) is 5.04. The first-order valence-corrected chi connectivity index (χ1v) is 8.33. The number of hydrogen-bond donors (Lipinski definition) is 1. The van der Waals surface area contributed by atoms with E-state index in [9.17, 15) is 12.8 Å². The van der Waals surface area contributed by atoms with E-state index in [1.165, 1.54) is 18.2 Å². The molecule has 2 aromatic rings. The van der Waals surface area contributed by atoms with E-state index < -0.39 is 15.9 Å². The molecule has 0 fully saturated rings. The Morgan fingerprint density at radius 3 is 2.71 bits per heavy atom. The quantitative estimate of drug-likeness (QED) is 0.927. The first-order valence-electron chi connectivity index (χ1n) is 6.44. The van der Waals surface area contributed by atoms with Crippen molar-refractivity contribution >= 4 is 15.5 Å². The van der Waals surface area contributed by atoms with Crippen LogP contribution in [0.1, 0.15) is 11.7 Å². The summed E-state index contributed by atoms with van der Waals surface area (Å²) in [5.74, 6) is 0.197. The summed E-state index contributed by atoms with van der Waals surface area (Å²) in [5, 5.41) is 3.09. The van der Waals surface area contributed by atoms with E-state index in [0.29, 0.717) is 23.5 Å². The van der Waals surface area contributed by atoms with Gasteiger partial charge in [-0.05, 0) is 24.3 Å². The molecule has 1 aliphatic rings. The van der Waals surface area contributed by atoms with E-state index in [-0.39, 0.29) is 10.7 Å². The third kappa shape index (κ3) is 2.71. The Hall–Kier alpha value is -2.08. The second-order valence-corrected chi connectivity index (χ2v) is 6.95. The Kier molecular flexibility index (Phi) is 3.33. The first kappa shape index (κ1) is 13.9. The molecule has 0 aliphatic carbocycles. The summed E-state index contributed by atoms with van der Waals surface area (Å²) in [6.07, 6.45) is 0.711. The van der Waals surface area contributed by atoms with Crippen molar-refractivity contribution in [1.82, 2.24) is 0 Å². The normalized spacial score (nSPS) is 17.5. The van der Waals surface area contributed by atoms with E-state index >= 15 is 0 Å². The first-order chi connectivity index (χ1) is 9.95. The lowest BCUT2D eigenvalue weighted by atomic mass is 10.1. The number of benzene rings is 2. The molecule has 3 rings (SSSR count). The Balaban J connectivity index is 1.92. The Morgan fingerprint density at radius 1 is 1.24 bits per heavy atom. The fourth-order valence-corrected chi connectivity index (χ4v) is 2.94. The van der Waals surface area contributed by atoms with Crippen molar-refractivity contribution in [3.05, 3.63) is 53.8 Å². The van der Waals surface area contributed by atoms with Gasteiger partial charge in [0, 0.05) is 11.8 Å². The molecule has 0 radical (unpaired) electrons. The highest BCUT2D eigenvalue weighted by molar-refractivity contribution is 7.90. The zero-order chi connectivity index (χ0) is 15.0. The van der Waals surface area contributed by atoms with Crippen LogP contribution < -0.4 is 10.1 Å². The summed E-state index contributed by atoms with van der Waals surface area (Å²) in [7, 11) is -3.26. The largest absolute Gasteiger partial charge is 0.482 e. The maximum Gasteiger partial charge on any atom is 0.175 e. The molecule has 6 heteroatoms. The van der Waals surface area contributed by atoms with Crippen molar-refractivity contribution in [2.45, 2.75) is 11.0 Å². The molecular weight excluding hydrogens is 293 g/mol. The second-order valence-electron chi connectivity index (χ2n) is 4.94. The van der Waals surface area contributed by atoms with Gasteiger partial charge in [0.25, 0.3) is 0 Å². The van der Waals surface area contributed by atoms with E-state index in [1.54, 1.807) is 24.3 Å². The number of fused-ring (bicyclic) bond motifs is 1. The molecule has 1 unspecified atom stereocenters. The minimum atomic E-state index is -3.26. The molecule has 0 spiro atoms. The van der Waals surface area contributed by atoms with E-state index in [2.05, 4.69) is 5.32 Å². The monoisotopic (exact) mass is 307 g/mol. The number of ether oxygens (including phenoxy) is 1. The molecule has 0 saturated heterocycles. The summed E-state index contributed by atoms with van der Waals surface area (Å²) in [5.41, 5.74) is 1.08. The molecule has 4 nitrogen and oxygen atoms in total. The standard InChI is InChI=1S/C15H14FNO3S/c1-21(18,19)10-6-7-14-13(8-10)17-9-15(20-14)11-4-2-3-5-12(11)16/h2-8,15,17H,9H2,1H3. The zero-order valence-electron chi connectivity index (χ0n) is 11.3. The number of anilines is 1. The lowest BCUT2D eigenvalue weighted by molar-refractivity contribution is 0.205. The molecule has 2 aromatic carbocycles. The third-order valence-electron chi connectivity index (χ3n) is 3.38. The van der Waals surface area contributed by atoms with Crippen LogP contribution in [0.15, 0.2) is 47.4 Å². The van der Waals surface area contributed by atoms with Crippen molar-refractivity contribution in [1.29, 1.82) is 0 Å². The number of hydrogen-bond acceptors (Lipinski definition) is 4. The molecule has 0 saturated carbocycles. The van der Waals surface area contributed by atoms with Gasteiger partial charge in [-0.15, -0.1) is 0 Å². The molecule has 1 aliphatic heterocycles. The van der Waals surface area contributed by atoms with Crippen molar-refractivity contribution in [3.63, 3.8) is 0 Å². The molecule has 1 N–H and O–H groups in total. The Bertz CT molecular complexity index is 789. The maximum atomic E-state index is 13.8. The zero-order valence-corrected chi connectivity index (χ0v) is 12.2. The van der Waals surface area contributed by atoms with Crippen molar-refractivity contribution < 1.29 is 17.5 Å². The van der Waals surface area contributed by atoms with Gasteiger partial charge in [0.1, 0.15) is 17.7 Å². The molecule has 0 amide bonds. The predicted octanol–water partition coefficient (Wildman–Crippen LogP) is 2.77. The molecular formula is C15H14FNO3S. The number of sulfone groups is 1. The molecule has 0 aromatic heterocycles. The van der Waals surface area contributed by atoms with Crippen LogP contribution in [0, 0.1) is 5.82 Å². The van der Waals surface area contributed by atoms with E-state index in [0.717, 1.165) is 6.26 Å². The van der Waals surface area contributed by atoms with Gasteiger partial charge in [-0.2, -0.15) is 0 Å². The molecule has 1 heterocycles. The highest BCUT2D eigenvalue weighted by Crippen LogP contribution is 2.36. The summed E-state index contributed by atoms with van der Waals surface area (Å²) in [6.45, 7) is 0.376. The van der Waals surface area contributed by atoms with Crippen LogP contribution in [0.5, 0.6) is 5.75 Å². The van der Waals surface area contributed by atoms with Crippen LogP contribution in [-0.2, 0) is 9.84 Å². The number of halogens is 1. The van der Waals surface area contributed by atoms with Gasteiger partial charge in [0.15, 0.2) is 9.84 Å². The van der Waals surface area contributed by atoms with Crippen LogP contribution in [0.2, 0.25) is 0 Å². The Labute approximate surface area is 122 Å². The molecule has 1 atom stereocenters. The highest BCUT2D eigenvalue weighted by atomic mass is 32.2. The maximum absolute atomic E-state index is 13.8. The van der Waals surface area contributed by atoms with Gasteiger partial charge in [-0.3, -0.25) is 0 Å². The molecule has 110 valence electrons. The van der Waals surface area contributed by atoms with Gasteiger partial charge in [-0.25, -0.2) is 12.8 Å². The summed E-state index contributed by atoms with van der Waals surface area (Å²) >= 11 is 0. The van der Waals surface area contributed by atoms with Crippen LogP contribution in [0.3, 0.4) is 0 Å². The minimum absolute atomic E-state index is 0.224. The van der Waals surface area contributed by atoms with Crippen LogP contribution in [-0.4, -0.2) is 21.2 Å². The fourth-order valence-electron chi connectivity index (χ4n) is 2.29. The summed E-state index contributed by atoms with van der Waals surface area (Å²) in [6, 6.07) is 11.1. The van der Waals surface area contributed by atoms with Gasteiger partial charge >= 0.3 is 0 Å². The fraction of sp³-hybridized carbons (Fsp3) is 0.200. The average Bonchev–Trinajstić information content (AvgIpc) is 2.46. The average molecular weight is 307 g/mol. The van der Waals surface area contributed by atoms with Crippen molar-refractivity contribution in [3.8, 4) is 5.75 Å². The van der Waals surface area contributed by atoms with Gasteiger partial charge in [0.2, 0.25) is 0 Å². The van der Waals surface area contributed by atoms with Crippen LogP contribution in [0.25, 0.3) is 0 Å². The highest BCUT2D eigenvalue weighted by Gasteiger charge is 2.24. The van der Waals surface area contributed by atoms with Crippen molar-refractivity contribution in [2.24, 2.45) is 0 Å².